The van der Waals surface area contributed by atoms with Gasteiger partial charge in [0.1, 0.15) is 0 Å². The predicted molar refractivity (Wildman–Crippen MR) is 85.1 cm³/mol. The van der Waals surface area contributed by atoms with Gasteiger partial charge in [-0.1, -0.05) is 42.5 Å². The summed E-state index contributed by atoms with van der Waals surface area (Å²) in [5, 5.41) is 6.70. The third kappa shape index (κ3) is 4.68. The van der Waals surface area contributed by atoms with Gasteiger partial charge in [0.05, 0.1) is 6.61 Å². The van der Waals surface area contributed by atoms with E-state index in [0.717, 1.165) is 31.9 Å². The topological polar surface area (TPSA) is 33.3 Å². The lowest BCUT2D eigenvalue weighted by Gasteiger charge is -2.08. The van der Waals surface area contributed by atoms with Crippen LogP contribution in [0.25, 0.3) is 11.1 Å². The molecule has 0 fully saturated rings. The summed E-state index contributed by atoms with van der Waals surface area (Å²) in [6, 6.07) is 19.0. The second-order valence-electron chi connectivity index (χ2n) is 4.61. The van der Waals surface area contributed by atoms with Crippen LogP contribution in [-0.4, -0.2) is 33.4 Å². The first kappa shape index (κ1) is 14.6. The molecule has 0 heterocycles. The highest BCUT2D eigenvalue weighted by molar-refractivity contribution is 5.65. The third-order valence-corrected chi connectivity index (χ3v) is 3.11. The van der Waals surface area contributed by atoms with Crippen LogP contribution in [0.15, 0.2) is 54.6 Å². The molecular formula is C17H22N2O. The standard InChI is InChI=1S/C17H22N2O/c1-20-14-13-18-11-12-19-17-9-7-16(8-10-17)15-5-3-2-4-6-15/h2-10,18-19H,11-14H2,1H3. The molecule has 0 spiro atoms. The minimum Gasteiger partial charge on any atom is -0.384 e. The highest BCUT2D eigenvalue weighted by Gasteiger charge is 1.96. The van der Waals surface area contributed by atoms with Crippen LogP contribution >= 0.6 is 0 Å². The van der Waals surface area contributed by atoms with Gasteiger partial charge in [0.15, 0.2) is 0 Å². The average molecular weight is 270 g/mol. The molecule has 0 atom stereocenters. The molecule has 0 aliphatic rings. The van der Waals surface area contributed by atoms with Crippen molar-refractivity contribution in [2.24, 2.45) is 0 Å². The summed E-state index contributed by atoms with van der Waals surface area (Å²) in [5.41, 5.74) is 3.65. The quantitative estimate of drug-likeness (QED) is 0.723. The lowest BCUT2D eigenvalue weighted by atomic mass is 10.1. The van der Waals surface area contributed by atoms with Gasteiger partial charge >= 0.3 is 0 Å². The van der Waals surface area contributed by atoms with Gasteiger partial charge in [0.25, 0.3) is 0 Å². The zero-order chi connectivity index (χ0) is 14.0. The fourth-order valence-electron chi connectivity index (χ4n) is 2.01. The van der Waals surface area contributed by atoms with Crippen molar-refractivity contribution >= 4 is 5.69 Å². The van der Waals surface area contributed by atoms with E-state index in [0.29, 0.717) is 0 Å². The Morgan fingerprint density at radius 3 is 2.20 bits per heavy atom. The van der Waals surface area contributed by atoms with Gasteiger partial charge < -0.3 is 15.4 Å². The zero-order valence-electron chi connectivity index (χ0n) is 11.9. The zero-order valence-corrected chi connectivity index (χ0v) is 11.9. The number of hydrogen-bond acceptors (Lipinski definition) is 3. The number of rotatable bonds is 8. The summed E-state index contributed by atoms with van der Waals surface area (Å²) in [6.45, 7) is 3.50. The first-order chi connectivity index (χ1) is 9.90. The van der Waals surface area contributed by atoms with Gasteiger partial charge in [-0.2, -0.15) is 0 Å². The molecule has 0 aliphatic heterocycles. The summed E-state index contributed by atoms with van der Waals surface area (Å²) in [7, 11) is 1.72. The van der Waals surface area contributed by atoms with Crippen molar-refractivity contribution in [3.8, 4) is 11.1 Å². The Labute approximate surface area is 121 Å². The molecule has 0 amide bonds. The van der Waals surface area contributed by atoms with E-state index >= 15 is 0 Å². The van der Waals surface area contributed by atoms with E-state index in [9.17, 15) is 0 Å². The highest BCUT2D eigenvalue weighted by Crippen LogP contribution is 2.20. The lowest BCUT2D eigenvalue weighted by molar-refractivity contribution is 0.200. The minimum absolute atomic E-state index is 0.756. The largest absolute Gasteiger partial charge is 0.384 e. The van der Waals surface area contributed by atoms with Crippen LogP contribution in [0.3, 0.4) is 0 Å². The van der Waals surface area contributed by atoms with Crippen molar-refractivity contribution in [3.63, 3.8) is 0 Å². The fraction of sp³-hybridized carbons (Fsp3) is 0.294. The molecule has 3 nitrogen and oxygen atoms in total. The molecule has 0 radical (unpaired) electrons. The molecule has 0 bridgehead atoms. The van der Waals surface area contributed by atoms with Crippen molar-refractivity contribution in [1.29, 1.82) is 0 Å². The first-order valence-electron chi connectivity index (χ1n) is 6.99. The fourth-order valence-corrected chi connectivity index (χ4v) is 2.01. The van der Waals surface area contributed by atoms with Gasteiger partial charge in [0.2, 0.25) is 0 Å². The Hall–Kier alpha value is -1.84. The van der Waals surface area contributed by atoms with Crippen LogP contribution in [0.1, 0.15) is 0 Å². The smallest absolute Gasteiger partial charge is 0.0587 e. The van der Waals surface area contributed by atoms with Gasteiger partial charge in [-0.25, -0.2) is 0 Å². The van der Waals surface area contributed by atoms with Gasteiger partial charge in [-0.3, -0.25) is 0 Å². The van der Waals surface area contributed by atoms with Crippen molar-refractivity contribution in [2.45, 2.75) is 0 Å². The Kier molecular flexibility index (Phi) is 6.08. The molecule has 0 saturated carbocycles. The molecule has 0 aromatic heterocycles. The van der Waals surface area contributed by atoms with Gasteiger partial charge in [-0.05, 0) is 23.3 Å². The molecule has 0 saturated heterocycles. The molecule has 2 aromatic rings. The van der Waals surface area contributed by atoms with E-state index in [1.165, 1.54) is 11.1 Å². The maximum absolute atomic E-state index is 4.98. The van der Waals surface area contributed by atoms with Crippen LogP contribution < -0.4 is 10.6 Å². The van der Waals surface area contributed by atoms with Crippen LogP contribution in [0.4, 0.5) is 5.69 Å². The molecule has 0 unspecified atom stereocenters. The normalized spacial score (nSPS) is 10.4. The van der Waals surface area contributed by atoms with E-state index in [-0.39, 0.29) is 0 Å². The SMILES string of the molecule is COCCNCCNc1ccc(-c2ccccc2)cc1. The summed E-state index contributed by atoms with van der Waals surface area (Å²) in [5.74, 6) is 0. The molecule has 106 valence electrons. The maximum atomic E-state index is 4.98. The highest BCUT2D eigenvalue weighted by atomic mass is 16.5. The van der Waals surface area contributed by atoms with Crippen molar-refractivity contribution in [2.75, 3.05) is 38.7 Å². The Morgan fingerprint density at radius 1 is 0.800 bits per heavy atom. The second-order valence-corrected chi connectivity index (χ2v) is 4.61. The summed E-state index contributed by atoms with van der Waals surface area (Å²) >= 11 is 0. The van der Waals surface area contributed by atoms with E-state index in [1.54, 1.807) is 7.11 Å². The van der Waals surface area contributed by atoms with E-state index < -0.39 is 0 Å². The van der Waals surface area contributed by atoms with E-state index in [4.69, 9.17) is 4.74 Å². The van der Waals surface area contributed by atoms with Crippen molar-refractivity contribution in [1.82, 2.24) is 5.32 Å². The van der Waals surface area contributed by atoms with Crippen LogP contribution in [0.2, 0.25) is 0 Å². The minimum atomic E-state index is 0.756. The predicted octanol–water partition coefficient (Wildman–Crippen LogP) is 3.00. The molecule has 2 N–H and O–H groups in total. The number of hydrogen-bond donors (Lipinski definition) is 2. The first-order valence-corrected chi connectivity index (χ1v) is 6.99. The summed E-state index contributed by atoms with van der Waals surface area (Å²) in [6.07, 6.45) is 0. The Morgan fingerprint density at radius 2 is 1.50 bits per heavy atom. The van der Waals surface area contributed by atoms with Crippen LogP contribution in [0.5, 0.6) is 0 Å². The Bertz CT molecular complexity index is 482. The van der Waals surface area contributed by atoms with Gasteiger partial charge in [0, 0.05) is 32.4 Å². The van der Waals surface area contributed by atoms with Gasteiger partial charge in [-0.15, -0.1) is 0 Å². The molecule has 0 aliphatic carbocycles. The monoisotopic (exact) mass is 270 g/mol. The van der Waals surface area contributed by atoms with Crippen molar-refractivity contribution < 1.29 is 4.74 Å². The van der Waals surface area contributed by atoms with Crippen LogP contribution in [-0.2, 0) is 4.74 Å². The summed E-state index contributed by atoms with van der Waals surface area (Å²) in [4.78, 5) is 0. The number of benzene rings is 2. The van der Waals surface area contributed by atoms with Crippen molar-refractivity contribution in [3.05, 3.63) is 54.6 Å². The molecular weight excluding hydrogens is 248 g/mol. The molecule has 2 aromatic carbocycles. The molecule has 20 heavy (non-hydrogen) atoms. The number of nitrogens with one attached hydrogen (secondary N) is 2. The second kappa shape index (κ2) is 8.35. The number of anilines is 1. The molecule has 3 heteroatoms. The average Bonchev–Trinajstić information content (AvgIpc) is 2.52. The maximum Gasteiger partial charge on any atom is 0.0587 e. The number of ether oxygens (including phenoxy) is 1. The number of methoxy groups -OCH3 is 1. The van der Waals surface area contributed by atoms with Crippen LogP contribution in [0, 0.1) is 0 Å². The van der Waals surface area contributed by atoms with E-state index in [2.05, 4.69) is 59.2 Å². The van der Waals surface area contributed by atoms with E-state index in [1.807, 2.05) is 6.07 Å². The lowest BCUT2D eigenvalue weighted by Crippen LogP contribution is -2.25. The third-order valence-electron chi connectivity index (χ3n) is 3.11. The molecule has 2 rings (SSSR count). The summed E-state index contributed by atoms with van der Waals surface area (Å²) < 4.78 is 4.98. The Balaban J connectivity index is 1.77.